The number of unbranched alkanes of at least 4 members (excludes halogenated alkanes) is 23. The zero-order valence-corrected chi connectivity index (χ0v) is 31.9. The van der Waals surface area contributed by atoms with Gasteiger partial charge in [0, 0.05) is 6.42 Å². The van der Waals surface area contributed by atoms with Crippen LogP contribution in [0.15, 0.2) is 12.2 Å². The molecule has 45 heavy (non-hydrogen) atoms. The molecule has 0 amide bonds. The van der Waals surface area contributed by atoms with Crippen molar-refractivity contribution in [1.82, 2.24) is 0 Å². The van der Waals surface area contributed by atoms with Crippen LogP contribution in [0.25, 0.3) is 0 Å². The van der Waals surface area contributed by atoms with Crippen LogP contribution in [0.1, 0.15) is 194 Å². The van der Waals surface area contributed by atoms with Crippen LogP contribution in [0.5, 0.6) is 0 Å². The summed E-state index contributed by atoms with van der Waals surface area (Å²) in [5.74, 6) is -0.0670. The van der Waals surface area contributed by atoms with Gasteiger partial charge >= 0.3 is 7.60 Å². The number of allylic oxidation sites excluding steroid dienone is 2. The molecule has 0 saturated carbocycles. The van der Waals surface area contributed by atoms with Crippen molar-refractivity contribution in [3.63, 3.8) is 0 Å². The van der Waals surface area contributed by atoms with Gasteiger partial charge in [0.05, 0.1) is 21.1 Å². The number of nitrogens with zero attached hydrogens (tertiary/aromatic N) is 1. The molecule has 0 aromatic carbocycles. The van der Waals surface area contributed by atoms with E-state index in [-0.39, 0.29) is 12.4 Å². The van der Waals surface area contributed by atoms with Gasteiger partial charge in [-0.1, -0.05) is 161 Å². The largest absolute Gasteiger partial charge is 0.338 e. The van der Waals surface area contributed by atoms with E-state index in [1.54, 1.807) is 0 Å². The number of hydrogen-bond donors (Lipinski definition) is 1. The molecular formula is C39H79NO4P+. The predicted octanol–water partition coefficient (Wildman–Crippen LogP) is 12.4. The molecule has 0 saturated heterocycles. The Morgan fingerprint density at radius 3 is 1.42 bits per heavy atom. The smallest absolute Gasteiger partial charge is 0.329 e. The Kier molecular flexibility index (Phi) is 30.5. The van der Waals surface area contributed by atoms with Gasteiger partial charge in [-0.15, -0.1) is 0 Å². The molecule has 2 unspecified atom stereocenters. The predicted molar refractivity (Wildman–Crippen MR) is 197 cm³/mol. The minimum absolute atomic E-state index is 0.0670. The lowest BCUT2D eigenvalue weighted by Crippen LogP contribution is -2.37. The molecule has 0 aliphatic carbocycles. The Morgan fingerprint density at radius 1 is 0.622 bits per heavy atom. The molecule has 0 bridgehead atoms. The fourth-order valence-electron chi connectivity index (χ4n) is 5.93. The number of hydrogen-bond acceptors (Lipinski definition) is 3. The molecule has 1 N–H and O–H groups in total. The second-order valence-corrected chi connectivity index (χ2v) is 16.8. The molecule has 6 heteroatoms. The fraction of sp³-hybridized carbons (Fsp3) is 0.923. The third-order valence-electron chi connectivity index (χ3n) is 9.07. The number of ketones is 1. The van der Waals surface area contributed by atoms with Crippen molar-refractivity contribution in [3.05, 3.63) is 12.2 Å². The number of carbonyl (C=O) groups is 1. The molecular weight excluding hydrogens is 577 g/mol. The first-order valence-electron chi connectivity index (χ1n) is 19.6. The van der Waals surface area contributed by atoms with E-state index in [1.165, 1.54) is 116 Å². The number of likely N-dealkylation sites (N-methyl/N-ethyl adjacent to an activating group) is 1. The standard InChI is InChI=1S/C39H78NO4P/c1-6-8-10-12-14-16-18-20-22-24-26-28-30-32-34-38(41)39(45(42,43)44-37-36-40(3,4)5)35-33-31-29-27-25-23-21-19-17-15-13-11-9-7-2/h21,23,39H,6-20,22,24-37H2,1-5H3/p+1/b23-21-. The highest BCUT2D eigenvalue weighted by Gasteiger charge is 2.37. The van der Waals surface area contributed by atoms with Gasteiger partial charge < -0.3 is 13.9 Å². The molecule has 0 aliphatic heterocycles. The van der Waals surface area contributed by atoms with Crippen LogP contribution in [0.2, 0.25) is 0 Å². The maximum Gasteiger partial charge on any atom is 0.338 e. The zero-order valence-electron chi connectivity index (χ0n) is 31.0. The summed E-state index contributed by atoms with van der Waals surface area (Å²) in [4.78, 5) is 24.1. The summed E-state index contributed by atoms with van der Waals surface area (Å²) >= 11 is 0. The summed E-state index contributed by atoms with van der Waals surface area (Å²) in [5.41, 5.74) is -0.871. The van der Waals surface area contributed by atoms with Gasteiger partial charge in [0.2, 0.25) is 0 Å². The highest BCUT2D eigenvalue weighted by atomic mass is 31.2. The van der Waals surface area contributed by atoms with E-state index in [1.807, 2.05) is 21.1 Å². The van der Waals surface area contributed by atoms with Crippen molar-refractivity contribution in [2.75, 3.05) is 34.3 Å². The van der Waals surface area contributed by atoms with E-state index >= 15 is 0 Å². The van der Waals surface area contributed by atoms with E-state index in [9.17, 15) is 14.3 Å². The van der Waals surface area contributed by atoms with Gasteiger partial charge in [0.1, 0.15) is 24.6 Å². The van der Waals surface area contributed by atoms with Crippen molar-refractivity contribution in [1.29, 1.82) is 0 Å². The molecule has 0 radical (unpaired) electrons. The third-order valence-corrected chi connectivity index (χ3v) is 11.0. The van der Waals surface area contributed by atoms with Crippen LogP contribution >= 0.6 is 7.60 Å². The van der Waals surface area contributed by atoms with Gasteiger partial charge in [-0.25, -0.2) is 0 Å². The molecule has 0 aromatic heterocycles. The maximum absolute atomic E-state index is 13.3. The first kappa shape index (κ1) is 44.5. The van der Waals surface area contributed by atoms with Crippen molar-refractivity contribution < 1.29 is 23.3 Å². The van der Waals surface area contributed by atoms with Crippen molar-refractivity contribution in [2.24, 2.45) is 0 Å². The Hall–Kier alpha value is -0.480. The first-order chi connectivity index (χ1) is 21.6. The Labute approximate surface area is 281 Å². The topological polar surface area (TPSA) is 63.6 Å². The van der Waals surface area contributed by atoms with Crippen LogP contribution in [0, 0.1) is 0 Å². The molecule has 0 aliphatic rings. The van der Waals surface area contributed by atoms with Gasteiger partial charge in [-0.3, -0.25) is 9.36 Å². The summed E-state index contributed by atoms with van der Waals surface area (Å²) in [6.45, 7) is 5.37. The van der Waals surface area contributed by atoms with E-state index in [0.717, 1.165) is 51.4 Å². The monoisotopic (exact) mass is 657 g/mol. The molecule has 0 aromatic rings. The van der Waals surface area contributed by atoms with E-state index < -0.39 is 13.3 Å². The summed E-state index contributed by atoms with van der Waals surface area (Å²) < 4.78 is 19.5. The quantitative estimate of drug-likeness (QED) is 0.0319. The van der Waals surface area contributed by atoms with Crippen LogP contribution in [0.3, 0.4) is 0 Å². The van der Waals surface area contributed by atoms with Crippen molar-refractivity contribution in [2.45, 2.75) is 199 Å². The van der Waals surface area contributed by atoms with Crippen LogP contribution in [-0.4, -0.2) is 55.1 Å². The first-order valence-corrected chi connectivity index (χ1v) is 21.2. The van der Waals surface area contributed by atoms with Gasteiger partial charge in [-0.2, -0.15) is 0 Å². The SMILES string of the molecule is CCCCCCCC/C=C\CCCCCCC(C(=O)CCCCCCCCCCCCCCCC)P(=O)(O)OCC[N+](C)(C)C. The average molecular weight is 657 g/mol. The lowest BCUT2D eigenvalue weighted by Gasteiger charge is -2.26. The summed E-state index contributed by atoms with van der Waals surface area (Å²) in [7, 11) is 2.12. The lowest BCUT2D eigenvalue weighted by molar-refractivity contribution is -0.870. The van der Waals surface area contributed by atoms with Gasteiger partial charge in [0.15, 0.2) is 0 Å². The molecule has 0 heterocycles. The number of carbonyl (C=O) groups excluding carboxylic acids is 1. The van der Waals surface area contributed by atoms with Crippen molar-refractivity contribution in [3.8, 4) is 0 Å². The number of rotatable bonds is 35. The summed E-state index contributed by atoms with van der Waals surface area (Å²) in [5, 5.41) is 0. The van der Waals surface area contributed by atoms with E-state index in [4.69, 9.17) is 4.52 Å². The maximum atomic E-state index is 13.3. The highest BCUT2D eigenvalue weighted by molar-refractivity contribution is 7.54. The highest BCUT2D eigenvalue weighted by Crippen LogP contribution is 2.50. The van der Waals surface area contributed by atoms with Gasteiger partial charge in [-0.05, 0) is 38.5 Å². The van der Waals surface area contributed by atoms with E-state index in [0.29, 0.717) is 23.9 Å². The minimum atomic E-state index is -3.99. The fourth-order valence-corrected chi connectivity index (χ4v) is 7.46. The third kappa shape index (κ3) is 30.6. The zero-order chi connectivity index (χ0) is 33.5. The average Bonchev–Trinajstić information content (AvgIpc) is 2.98. The van der Waals surface area contributed by atoms with Gasteiger partial charge in [0.25, 0.3) is 0 Å². The molecule has 5 nitrogen and oxygen atoms in total. The number of Topliss-reactive ketones (excluding diaryl/α,β-unsaturated/α-hetero) is 1. The Morgan fingerprint density at radius 2 is 1.00 bits per heavy atom. The van der Waals surface area contributed by atoms with Crippen LogP contribution < -0.4 is 0 Å². The molecule has 0 spiro atoms. The molecule has 0 fully saturated rings. The normalized spacial score (nSPS) is 14.3. The molecule has 0 rings (SSSR count). The second-order valence-electron chi connectivity index (χ2n) is 14.8. The number of quaternary nitrogens is 1. The van der Waals surface area contributed by atoms with Crippen LogP contribution in [-0.2, 0) is 13.9 Å². The summed E-state index contributed by atoms with van der Waals surface area (Å²) in [6, 6.07) is 0. The van der Waals surface area contributed by atoms with Crippen LogP contribution in [0.4, 0.5) is 0 Å². The molecule has 268 valence electrons. The molecule has 2 atom stereocenters. The Balaban J connectivity index is 4.30. The summed E-state index contributed by atoms with van der Waals surface area (Å²) in [6.07, 6.45) is 37.7. The van der Waals surface area contributed by atoms with E-state index in [2.05, 4.69) is 26.0 Å². The Bertz CT molecular complexity index is 733. The lowest BCUT2D eigenvalue weighted by atomic mass is 10.0. The second kappa shape index (κ2) is 30.8. The minimum Gasteiger partial charge on any atom is -0.329 e. The van der Waals surface area contributed by atoms with Crippen molar-refractivity contribution >= 4 is 13.4 Å².